The second-order valence-electron chi connectivity index (χ2n) is 7.33. The number of carbonyl (C=O) groups excluding carboxylic acids is 2. The molecule has 0 aliphatic heterocycles. The summed E-state index contributed by atoms with van der Waals surface area (Å²) in [6, 6.07) is 19.9. The van der Waals surface area contributed by atoms with Gasteiger partial charge in [0.2, 0.25) is 0 Å². The van der Waals surface area contributed by atoms with Crippen molar-refractivity contribution in [3.8, 4) is 0 Å². The number of Topliss-reactive ketones (excluding diaryl/α,β-unsaturated/α-hetero) is 2. The molecule has 27 heavy (non-hydrogen) atoms. The van der Waals surface area contributed by atoms with Crippen LogP contribution in [0.4, 0.5) is 0 Å². The van der Waals surface area contributed by atoms with Crippen molar-refractivity contribution in [2.45, 2.75) is 52.0 Å². The highest BCUT2D eigenvalue weighted by molar-refractivity contribution is 5.83. The molecule has 3 heteroatoms. The van der Waals surface area contributed by atoms with Crippen LogP contribution in [-0.4, -0.2) is 24.2 Å². The predicted molar refractivity (Wildman–Crippen MR) is 111 cm³/mol. The van der Waals surface area contributed by atoms with Gasteiger partial charge in [0.15, 0.2) is 0 Å². The zero-order valence-electron chi connectivity index (χ0n) is 16.5. The molecule has 0 saturated heterocycles. The van der Waals surface area contributed by atoms with Crippen LogP contribution in [0.3, 0.4) is 0 Å². The lowest BCUT2D eigenvalue weighted by molar-refractivity contribution is -0.121. The van der Waals surface area contributed by atoms with Gasteiger partial charge in [-0.1, -0.05) is 80.9 Å². The lowest BCUT2D eigenvalue weighted by atomic mass is 9.97. The number of rotatable bonds is 12. The molecule has 0 aliphatic rings. The molecule has 0 amide bonds. The van der Waals surface area contributed by atoms with Crippen LogP contribution in [0.15, 0.2) is 60.7 Å². The third kappa shape index (κ3) is 7.88. The highest BCUT2D eigenvalue weighted by Gasteiger charge is 2.18. The smallest absolute Gasteiger partial charge is 0.141 e. The Balaban J connectivity index is 1.80. The Bertz CT molecular complexity index is 697. The van der Waals surface area contributed by atoms with Gasteiger partial charge in [0, 0.05) is 37.8 Å². The fourth-order valence-electron chi connectivity index (χ4n) is 3.22. The number of ketones is 2. The van der Waals surface area contributed by atoms with Gasteiger partial charge in [0.25, 0.3) is 0 Å². The Morgan fingerprint density at radius 1 is 0.889 bits per heavy atom. The first-order chi connectivity index (χ1) is 13.1. The standard InChI is InChI=1S/C24H31NO2/c1-3-10-22(17-23(26)15-20-11-6-4-7-12-20)25-18-19(2)24(27)16-21-13-8-5-9-14-21/h4-9,11-14,19,22,25H,3,10,15-18H2,1-2H3/t19?,22-/m1/s1. The van der Waals surface area contributed by atoms with Gasteiger partial charge in [-0.05, 0) is 17.5 Å². The van der Waals surface area contributed by atoms with E-state index < -0.39 is 0 Å². The Hall–Kier alpha value is -2.26. The van der Waals surface area contributed by atoms with E-state index in [1.54, 1.807) is 0 Å². The normalized spacial score (nSPS) is 13.1. The topological polar surface area (TPSA) is 46.2 Å². The molecule has 0 saturated carbocycles. The van der Waals surface area contributed by atoms with Gasteiger partial charge < -0.3 is 5.32 Å². The number of benzene rings is 2. The summed E-state index contributed by atoms with van der Waals surface area (Å²) in [5.74, 6) is 0.420. The van der Waals surface area contributed by atoms with E-state index in [1.165, 1.54) is 0 Å². The SMILES string of the molecule is CCC[C@H](CC(=O)Cc1ccccc1)NCC(C)C(=O)Cc1ccccc1. The van der Waals surface area contributed by atoms with Crippen molar-refractivity contribution >= 4 is 11.6 Å². The Labute approximate surface area is 163 Å². The molecular formula is C24H31NO2. The summed E-state index contributed by atoms with van der Waals surface area (Å²) in [5, 5.41) is 3.46. The summed E-state index contributed by atoms with van der Waals surface area (Å²) >= 11 is 0. The maximum Gasteiger partial charge on any atom is 0.141 e. The van der Waals surface area contributed by atoms with E-state index in [9.17, 15) is 9.59 Å². The minimum atomic E-state index is -0.0613. The van der Waals surface area contributed by atoms with Crippen LogP contribution >= 0.6 is 0 Å². The lowest BCUT2D eigenvalue weighted by Crippen LogP contribution is -2.37. The number of nitrogens with one attached hydrogen (secondary N) is 1. The van der Waals surface area contributed by atoms with E-state index >= 15 is 0 Å². The van der Waals surface area contributed by atoms with Gasteiger partial charge >= 0.3 is 0 Å². The van der Waals surface area contributed by atoms with Crippen LogP contribution in [0.2, 0.25) is 0 Å². The molecule has 0 heterocycles. The molecule has 1 N–H and O–H groups in total. The number of hydrogen-bond donors (Lipinski definition) is 1. The molecule has 2 aromatic carbocycles. The van der Waals surface area contributed by atoms with E-state index in [1.807, 2.05) is 67.6 Å². The summed E-state index contributed by atoms with van der Waals surface area (Å²) in [6.07, 6.45) is 3.42. The Morgan fingerprint density at radius 3 is 2.00 bits per heavy atom. The van der Waals surface area contributed by atoms with Crippen molar-refractivity contribution in [3.05, 3.63) is 71.8 Å². The molecule has 0 spiro atoms. The molecule has 0 fully saturated rings. The van der Waals surface area contributed by atoms with Crippen LogP contribution in [0.5, 0.6) is 0 Å². The molecule has 0 aliphatic carbocycles. The van der Waals surface area contributed by atoms with Crippen LogP contribution in [0.25, 0.3) is 0 Å². The third-order valence-electron chi connectivity index (χ3n) is 4.84. The number of hydrogen-bond acceptors (Lipinski definition) is 3. The van der Waals surface area contributed by atoms with E-state index in [0.717, 1.165) is 24.0 Å². The molecule has 3 nitrogen and oxygen atoms in total. The van der Waals surface area contributed by atoms with Crippen LogP contribution in [0, 0.1) is 5.92 Å². The molecule has 0 bridgehead atoms. The lowest BCUT2D eigenvalue weighted by Gasteiger charge is -2.20. The molecular weight excluding hydrogens is 334 g/mol. The van der Waals surface area contributed by atoms with E-state index in [-0.39, 0.29) is 23.5 Å². The second-order valence-corrected chi connectivity index (χ2v) is 7.33. The zero-order chi connectivity index (χ0) is 19.5. The average Bonchev–Trinajstić information content (AvgIpc) is 2.67. The van der Waals surface area contributed by atoms with Crippen molar-refractivity contribution in [2.24, 2.45) is 5.92 Å². The fourth-order valence-corrected chi connectivity index (χ4v) is 3.22. The summed E-state index contributed by atoms with van der Waals surface area (Å²) in [5.41, 5.74) is 2.11. The first-order valence-corrected chi connectivity index (χ1v) is 9.94. The first-order valence-electron chi connectivity index (χ1n) is 9.94. The molecule has 0 radical (unpaired) electrons. The highest BCUT2D eigenvalue weighted by atomic mass is 16.1. The quantitative estimate of drug-likeness (QED) is 0.607. The Kier molecular flexibility index (Phi) is 8.93. The first kappa shape index (κ1) is 21.0. The second kappa shape index (κ2) is 11.5. The van der Waals surface area contributed by atoms with Crippen molar-refractivity contribution in [1.82, 2.24) is 5.32 Å². The molecule has 0 aromatic heterocycles. The van der Waals surface area contributed by atoms with Gasteiger partial charge in [0.1, 0.15) is 11.6 Å². The minimum Gasteiger partial charge on any atom is -0.313 e. The van der Waals surface area contributed by atoms with Crippen molar-refractivity contribution in [1.29, 1.82) is 0 Å². The monoisotopic (exact) mass is 365 g/mol. The van der Waals surface area contributed by atoms with Crippen LogP contribution in [-0.2, 0) is 22.4 Å². The molecule has 1 unspecified atom stereocenters. The molecule has 144 valence electrons. The van der Waals surface area contributed by atoms with Crippen LogP contribution in [0.1, 0.15) is 44.2 Å². The molecule has 2 rings (SSSR count). The van der Waals surface area contributed by atoms with Gasteiger partial charge in [-0.3, -0.25) is 9.59 Å². The summed E-state index contributed by atoms with van der Waals surface area (Å²) in [4.78, 5) is 24.8. The highest BCUT2D eigenvalue weighted by Crippen LogP contribution is 2.10. The van der Waals surface area contributed by atoms with Gasteiger partial charge in [-0.15, -0.1) is 0 Å². The maximum atomic E-state index is 12.4. The summed E-state index contributed by atoms with van der Waals surface area (Å²) in [6.45, 7) is 4.71. The third-order valence-corrected chi connectivity index (χ3v) is 4.84. The van der Waals surface area contributed by atoms with Gasteiger partial charge in [0.05, 0.1) is 0 Å². The van der Waals surface area contributed by atoms with Crippen molar-refractivity contribution in [2.75, 3.05) is 6.54 Å². The molecule has 2 aromatic rings. The summed E-state index contributed by atoms with van der Waals surface area (Å²) < 4.78 is 0. The average molecular weight is 366 g/mol. The molecule has 2 atom stereocenters. The van der Waals surface area contributed by atoms with Gasteiger partial charge in [-0.25, -0.2) is 0 Å². The van der Waals surface area contributed by atoms with E-state index in [0.29, 0.717) is 25.8 Å². The van der Waals surface area contributed by atoms with Crippen molar-refractivity contribution < 1.29 is 9.59 Å². The predicted octanol–water partition coefficient (Wildman–Crippen LogP) is 4.39. The minimum absolute atomic E-state index is 0.0613. The van der Waals surface area contributed by atoms with E-state index in [4.69, 9.17) is 0 Å². The van der Waals surface area contributed by atoms with E-state index in [2.05, 4.69) is 12.2 Å². The van der Waals surface area contributed by atoms with Crippen LogP contribution < -0.4 is 5.32 Å². The van der Waals surface area contributed by atoms with Gasteiger partial charge in [-0.2, -0.15) is 0 Å². The fraction of sp³-hybridized carbons (Fsp3) is 0.417. The maximum absolute atomic E-state index is 12.4. The summed E-state index contributed by atoms with van der Waals surface area (Å²) in [7, 11) is 0. The largest absolute Gasteiger partial charge is 0.313 e. The zero-order valence-corrected chi connectivity index (χ0v) is 16.5. The number of carbonyl (C=O) groups is 2. The Morgan fingerprint density at radius 2 is 1.44 bits per heavy atom. The van der Waals surface area contributed by atoms with Crippen molar-refractivity contribution in [3.63, 3.8) is 0 Å².